The molecule has 2 aromatic carbocycles. The maximum atomic E-state index is 12.3. The number of fused-ring (bicyclic) bond motifs is 1. The van der Waals surface area contributed by atoms with Crippen molar-refractivity contribution in [1.29, 1.82) is 0 Å². The summed E-state index contributed by atoms with van der Waals surface area (Å²) in [4.78, 5) is 40.2. The molecule has 1 N–H and O–H groups in total. The molecule has 23 heavy (non-hydrogen) atoms. The lowest BCUT2D eigenvalue weighted by Crippen LogP contribution is -2.35. The Labute approximate surface area is 129 Å². The first kappa shape index (κ1) is 14.6. The minimum Gasteiger partial charge on any atom is -0.497 e. The Morgan fingerprint density at radius 2 is 1.78 bits per heavy atom. The zero-order valence-electron chi connectivity index (χ0n) is 12.1. The van der Waals surface area contributed by atoms with Gasteiger partial charge in [0.15, 0.2) is 5.36 Å². The van der Waals surface area contributed by atoms with Gasteiger partial charge in [-0.2, -0.15) is 5.10 Å². The van der Waals surface area contributed by atoms with Crippen molar-refractivity contribution < 1.29 is 9.53 Å². The van der Waals surface area contributed by atoms with Gasteiger partial charge in [0.2, 0.25) is 10.9 Å². The van der Waals surface area contributed by atoms with Crippen molar-refractivity contribution in [3.05, 3.63) is 74.1 Å². The number of carbonyl (C=O) groups excluding carboxylic acids is 1. The van der Waals surface area contributed by atoms with Crippen LogP contribution in [0.25, 0.3) is 10.8 Å². The molecule has 1 amide bonds. The van der Waals surface area contributed by atoms with Gasteiger partial charge in [0.05, 0.1) is 7.11 Å². The number of benzene rings is 1. The minimum atomic E-state index is -0.543. The summed E-state index contributed by atoms with van der Waals surface area (Å²) in [5.74, 6) is -0.0685. The SMILES string of the molecule is COc1ccc2c(=O)/c(=N\NC(=O)c3ccncc3)c(=O)c2c1. The Morgan fingerprint density at radius 1 is 1.09 bits per heavy atom. The highest BCUT2D eigenvalue weighted by Gasteiger charge is 2.12. The molecular weight excluding hydrogens is 298 g/mol. The van der Waals surface area contributed by atoms with Crippen molar-refractivity contribution in [2.45, 2.75) is 0 Å². The van der Waals surface area contributed by atoms with Gasteiger partial charge in [-0.25, -0.2) is 5.43 Å². The summed E-state index contributed by atoms with van der Waals surface area (Å²) < 4.78 is 5.04. The number of ether oxygens (including phenoxy) is 1. The van der Waals surface area contributed by atoms with Gasteiger partial charge in [-0.05, 0) is 30.3 Å². The molecule has 7 heteroatoms. The van der Waals surface area contributed by atoms with Gasteiger partial charge < -0.3 is 4.74 Å². The molecule has 3 aromatic rings. The normalized spacial score (nSPS) is 11.6. The van der Waals surface area contributed by atoms with Crippen LogP contribution in [0, 0.1) is 0 Å². The van der Waals surface area contributed by atoms with Gasteiger partial charge in [0.25, 0.3) is 5.91 Å². The molecule has 0 spiro atoms. The maximum absolute atomic E-state index is 12.3. The number of nitrogens with zero attached hydrogens (tertiary/aromatic N) is 2. The predicted molar refractivity (Wildman–Crippen MR) is 82.7 cm³/mol. The fourth-order valence-corrected chi connectivity index (χ4v) is 2.17. The molecule has 1 heterocycles. The van der Waals surface area contributed by atoms with Crippen LogP contribution in [0.4, 0.5) is 0 Å². The van der Waals surface area contributed by atoms with E-state index in [0.717, 1.165) is 0 Å². The van der Waals surface area contributed by atoms with Crippen molar-refractivity contribution in [2.24, 2.45) is 5.10 Å². The summed E-state index contributed by atoms with van der Waals surface area (Å²) in [5.41, 5.74) is 1.47. The molecule has 0 saturated heterocycles. The highest BCUT2D eigenvalue weighted by molar-refractivity contribution is 5.93. The van der Waals surface area contributed by atoms with Crippen LogP contribution in [-0.4, -0.2) is 18.0 Å². The van der Waals surface area contributed by atoms with E-state index in [1.807, 2.05) is 0 Å². The van der Waals surface area contributed by atoms with E-state index in [2.05, 4.69) is 15.5 Å². The molecule has 0 saturated carbocycles. The Kier molecular flexibility index (Phi) is 3.68. The number of hydrogen-bond donors (Lipinski definition) is 1. The largest absolute Gasteiger partial charge is 0.497 e. The van der Waals surface area contributed by atoms with Crippen molar-refractivity contribution in [1.82, 2.24) is 10.4 Å². The van der Waals surface area contributed by atoms with Gasteiger partial charge in [0.1, 0.15) is 5.75 Å². The summed E-state index contributed by atoms with van der Waals surface area (Å²) in [6.07, 6.45) is 2.91. The number of methoxy groups -OCH3 is 1. The van der Waals surface area contributed by atoms with E-state index in [9.17, 15) is 14.4 Å². The van der Waals surface area contributed by atoms with E-state index < -0.39 is 16.8 Å². The second-order valence-corrected chi connectivity index (χ2v) is 4.71. The van der Waals surface area contributed by atoms with Gasteiger partial charge in [-0.15, -0.1) is 0 Å². The van der Waals surface area contributed by atoms with E-state index in [-0.39, 0.29) is 16.1 Å². The predicted octanol–water partition coefficient (Wildman–Crippen LogP) is 0.0851. The van der Waals surface area contributed by atoms with Gasteiger partial charge >= 0.3 is 0 Å². The smallest absolute Gasteiger partial charge is 0.271 e. The zero-order chi connectivity index (χ0) is 16.4. The molecule has 0 radical (unpaired) electrons. The zero-order valence-corrected chi connectivity index (χ0v) is 12.1. The van der Waals surface area contributed by atoms with Crippen LogP contribution >= 0.6 is 0 Å². The third kappa shape index (κ3) is 2.59. The van der Waals surface area contributed by atoms with E-state index in [1.54, 1.807) is 6.07 Å². The average Bonchev–Trinajstić information content (AvgIpc) is 2.84. The molecule has 0 aliphatic heterocycles. The second kappa shape index (κ2) is 5.80. The van der Waals surface area contributed by atoms with Gasteiger partial charge in [-0.1, -0.05) is 0 Å². The first-order valence-corrected chi connectivity index (χ1v) is 6.67. The molecule has 1 aromatic heterocycles. The average molecular weight is 309 g/mol. The van der Waals surface area contributed by atoms with Crippen LogP contribution < -0.4 is 26.4 Å². The fraction of sp³-hybridized carbons (Fsp3) is 0.0625. The first-order chi connectivity index (χ1) is 11.1. The highest BCUT2D eigenvalue weighted by atomic mass is 16.5. The quantitative estimate of drug-likeness (QED) is 0.691. The third-order valence-electron chi connectivity index (χ3n) is 3.36. The Hall–Kier alpha value is -3.35. The molecule has 3 rings (SSSR count). The van der Waals surface area contributed by atoms with E-state index in [0.29, 0.717) is 11.3 Å². The summed E-state index contributed by atoms with van der Waals surface area (Å²) >= 11 is 0. The van der Waals surface area contributed by atoms with Crippen LogP contribution in [0.1, 0.15) is 10.4 Å². The molecule has 0 aliphatic rings. The summed E-state index contributed by atoms with van der Waals surface area (Å²) in [7, 11) is 1.47. The molecule has 0 aliphatic carbocycles. The molecule has 0 atom stereocenters. The summed E-state index contributed by atoms with van der Waals surface area (Å²) in [6.45, 7) is 0. The standard InChI is InChI=1S/C16H11N3O4/c1-23-10-2-3-11-12(8-10)15(21)13(14(11)20)18-19-16(22)9-4-6-17-7-5-9/h2-8H,1H3,(H,19,22)/b18-13+. The number of nitrogens with one attached hydrogen (secondary N) is 1. The number of aromatic nitrogens is 1. The lowest BCUT2D eigenvalue weighted by Gasteiger charge is -1.96. The highest BCUT2D eigenvalue weighted by Crippen LogP contribution is 2.14. The lowest BCUT2D eigenvalue weighted by molar-refractivity contribution is 0.0953. The van der Waals surface area contributed by atoms with Gasteiger partial charge in [0, 0.05) is 28.7 Å². The topological polar surface area (TPSA) is 97.7 Å². The van der Waals surface area contributed by atoms with Crippen LogP contribution in [0.3, 0.4) is 0 Å². The van der Waals surface area contributed by atoms with Crippen molar-refractivity contribution >= 4 is 16.7 Å². The summed E-state index contributed by atoms with van der Waals surface area (Å²) in [6, 6.07) is 7.55. The molecule has 0 unspecified atom stereocenters. The second-order valence-electron chi connectivity index (χ2n) is 4.71. The van der Waals surface area contributed by atoms with Crippen molar-refractivity contribution in [3.8, 4) is 5.75 Å². The van der Waals surface area contributed by atoms with Crippen LogP contribution in [0.15, 0.2) is 57.4 Å². The number of pyridine rings is 1. The van der Waals surface area contributed by atoms with Crippen molar-refractivity contribution in [2.75, 3.05) is 7.11 Å². The number of hydrogen-bond acceptors (Lipinski definition) is 6. The Balaban J connectivity index is 2.05. The van der Waals surface area contributed by atoms with E-state index in [1.165, 1.54) is 43.8 Å². The monoisotopic (exact) mass is 309 g/mol. The number of rotatable bonds is 3. The van der Waals surface area contributed by atoms with E-state index in [4.69, 9.17) is 4.74 Å². The molecular formula is C16H11N3O4. The lowest BCUT2D eigenvalue weighted by atomic mass is 10.2. The molecule has 114 valence electrons. The molecule has 7 nitrogen and oxygen atoms in total. The Morgan fingerprint density at radius 3 is 2.48 bits per heavy atom. The minimum absolute atomic E-state index is 0.214. The fourth-order valence-electron chi connectivity index (χ4n) is 2.17. The molecule has 0 fully saturated rings. The van der Waals surface area contributed by atoms with Crippen LogP contribution in [0.5, 0.6) is 5.75 Å². The van der Waals surface area contributed by atoms with Crippen LogP contribution in [-0.2, 0) is 0 Å². The first-order valence-electron chi connectivity index (χ1n) is 6.67. The van der Waals surface area contributed by atoms with Crippen LogP contribution in [0.2, 0.25) is 0 Å². The number of amides is 1. The molecule has 0 bridgehead atoms. The summed E-state index contributed by atoms with van der Waals surface area (Å²) in [5, 5.41) is 3.82. The van der Waals surface area contributed by atoms with Gasteiger partial charge in [-0.3, -0.25) is 19.4 Å². The maximum Gasteiger partial charge on any atom is 0.271 e. The third-order valence-corrected chi connectivity index (χ3v) is 3.36. The Bertz CT molecular complexity index is 1030. The van der Waals surface area contributed by atoms with E-state index >= 15 is 0 Å². The number of carbonyl (C=O) groups is 1. The van der Waals surface area contributed by atoms with Crippen molar-refractivity contribution in [3.63, 3.8) is 0 Å².